The summed E-state index contributed by atoms with van der Waals surface area (Å²) >= 11 is 12.5. The standard InChI is InChI=1S/C50H57ClN6O7S.C49H55ClN6O9S/c1-32-4-6-33(7-5-32)22-34-23-43-45(57(59)60)26-41(27-46(43)63-31-34)65(61,62)54-49(58)42-13-12-39(25-47(42)64-40-24-36-15-17-52-48(36)53-29-40)56-20-18-55(19-21-56)30-37-14-16-50(2,3)28-44(37)35-8-10-38(51)11-9-35;1-49(2)15-13-41(32-3-5-35(50)6-4-32)34(26-49)28-54-17-19-55(20-18-54)36-7-12-42(46(23-36)65-39-22-33-14-16-51-47(33)52-27-39)48(58)53-66(61,62)40-24-44(56(59)60)43-21-31(30-64-45(43)25-40)29-63-38-10-8-37(57)9-11-38/h8-13,15,17,24-27,29,32-34H,4-7,14,16,18-23,28,30-31H2,1-3H3,(H,52,53)(H,54,58);3-7,12,14,16,22-25,27,31,37-38,57H,8-11,13,15,17-21,26,28-30H2,1-2H3,(H,51,52)(H,53,58)/t32?,33?,34-;31-,37?,38?/m11/s1. The summed E-state index contributed by atoms with van der Waals surface area (Å²) in [7, 11) is -9.27. The zero-order valence-electron chi connectivity index (χ0n) is 74.4. The molecule has 4 fully saturated rings. The number of pyridine rings is 2. The number of nitro groups is 2. The Morgan fingerprint density at radius 2 is 1.02 bits per heavy atom. The summed E-state index contributed by atoms with van der Waals surface area (Å²) in [5, 5.41) is 37.6. The van der Waals surface area contributed by atoms with Crippen molar-refractivity contribution in [1.82, 2.24) is 39.2 Å². The molecule has 2 saturated heterocycles. The molecular formula is C99H112Cl2N12O16S2. The number of nitrogens with zero attached hydrogens (tertiary/aromatic N) is 8. The number of benzene rings is 6. The number of aromatic amines is 2. The largest absolute Gasteiger partial charge is 0.493 e. The summed E-state index contributed by atoms with van der Waals surface area (Å²) in [5.74, 6) is 0.411. The van der Waals surface area contributed by atoms with Crippen molar-refractivity contribution >= 4 is 111 Å². The number of rotatable bonds is 25. The number of piperazine rings is 2. The maximum absolute atomic E-state index is 14.1. The van der Waals surface area contributed by atoms with Gasteiger partial charge in [0, 0.05) is 152 Å². The highest BCUT2D eigenvalue weighted by Crippen LogP contribution is 2.48. The van der Waals surface area contributed by atoms with Gasteiger partial charge in [-0.15, -0.1) is 0 Å². The van der Waals surface area contributed by atoms with Crippen LogP contribution in [0, 0.1) is 54.7 Å². The van der Waals surface area contributed by atoms with Crippen LogP contribution in [0.25, 0.3) is 33.2 Å². The quantitative estimate of drug-likeness (QED) is 0.0262. The molecule has 4 aromatic heterocycles. The summed E-state index contributed by atoms with van der Waals surface area (Å²) in [5.41, 5.74) is 11.4. The first-order chi connectivity index (χ1) is 62.8. The van der Waals surface area contributed by atoms with Crippen molar-refractivity contribution in [3.8, 4) is 34.5 Å². The molecule has 8 heterocycles. The van der Waals surface area contributed by atoms with Crippen molar-refractivity contribution in [2.24, 2.45) is 34.5 Å². The molecule has 8 aliphatic rings. The van der Waals surface area contributed by atoms with Crippen molar-refractivity contribution < 1.29 is 65.1 Å². The van der Waals surface area contributed by atoms with Gasteiger partial charge in [-0.2, -0.15) is 0 Å². The molecule has 2 saturated carbocycles. The first kappa shape index (κ1) is 91.9. The number of carbonyl (C=O) groups excluding carboxylic acids is 2. The van der Waals surface area contributed by atoms with Crippen LogP contribution in [-0.2, 0) is 37.6 Å². The lowest BCUT2D eigenvalue weighted by atomic mass is 9.72. The molecule has 2 amide bonds. The smallest absolute Gasteiger partial charge is 0.277 e. The summed E-state index contributed by atoms with van der Waals surface area (Å²) in [6.07, 6.45) is 21.7. The van der Waals surface area contributed by atoms with Crippen LogP contribution >= 0.6 is 23.2 Å². The number of hydrogen-bond donors (Lipinski definition) is 5. The Balaban J connectivity index is 0.000000183. The first-order valence-electron chi connectivity index (χ1n) is 45.5. The third-order valence-corrected chi connectivity index (χ3v) is 30.5. The van der Waals surface area contributed by atoms with Crippen molar-refractivity contribution in [1.29, 1.82) is 0 Å². The van der Waals surface area contributed by atoms with Crippen LogP contribution in [0.1, 0.15) is 174 Å². The third kappa shape index (κ3) is 22.0. The average molecular weight is 1860 g/mol. The van der Waals surface area contributed by atoms with Gasteiger partial charge in [0.05, 0.1) is 86.3 Å². The van der Waals surface area contributed by atoms with E-state index < -0.39 is 57.2 Å². The number of aliphatic hydroxyl groups excluding tert-OH is 1. The van der Waals surface area contributed by atoms with E-state index in [-0.39, 0.29) is 93.3 Å². The molecule has 690 valence electrons. The van der Waals surface area contributed by atoms with E-state index in [0.29, 0.717) is 79.8 Å². The minimum absolute atomic E-state index is 0.00308. The highest BCUT2D eigenvalue weighted by atomic mass is 35.5. The van der Waals surface area contributed by atoms with E-state index in [1.165, 1.54) is 76.9 Å². The Hall–Kier alpha value is -11.0. The van der Waals surface area contributed by atoms with Gasteiger partial charge in [0.25, 0.3) is 43.2 Å². The number of allylic oxidation sites excluding steroid dienone is 2. The van der Waals surface area contributed by atoms with Crippen molar-refractivity contribution in [3.05, 3.63) is 233 Å². The molecule has 10 aromatic rings. The van der Waals surface area contributed by atoms with E-state index in [4.69, 9.17) is 46.9 Å². The zero-order valence-corrected chi connectivity index (χ0v) is 77.6. The minimum atomic E-state index is -4.66. The van der Waals surface area contributed by atoms with Crippen molar-refractivity contribution in [2.45, 2.75) is 166 Å². The molecule has 0 radical (unpaired) electrons. The highest BCUT2D eigenvalue weighted by molar-refractivity contribution is 7.90. The van der Waals surface area contributed by atoms with Crippen LogP contribution in [-0.4, -0.2) is 171 Å². The predicted molar refractivity (Wildman–Crippen MR) is 505 cm³/mol. The van der Waals surface area contributed by atoms with Crippen molar-refractivity contribution in [2.75, 3.05) is 95.1 Å². The SMILES string of the molecule is CC1(C)CCC(c2ccc(Cl)cc2)=C(CN2CCN(c3ccc(C(=O)NS(=O)(=O)c4cc5c(c([N+](=O)[O-])c4)C[C@H](COC4CCC(O)CC4)CO5)c(Oc4cnc5[nH]ccc5c4)c3)CC2)C1.CC1CCC(C[C@H]2COc3cc(S(=O)(=O)NC(=O)c4ccc(N5CCN(CC6=C(c7ccc(Cl)cc7)CC(C)(C)CC6)CC5)cc4Oc4cnc5[nH]ccc5c4)cc([N+](=O)[O-])c3C2)CC1. The van der Waals surface area contributed by atoms with Gasteiger partial charge in [0.1, 0.15) is 45.8 Å². The number of anilines is 2. The van der Waals surface area contributed by atoms with Gasteiger partial charge in [0.15, 0.2) is 0 Å². The van der Waals surface area contributed by atoms with E-state index in [0.717, 1.165) is 173 Å². The Bertz CT molecular complexity index is 6250. The fourth-order valence-corrected chi connectivity index (χ4v) is 22.2. The number of H-pyrrole nitrogens is 2. The second-order valence-corrected chi connectivity index (χ2v) is 42.5. The Morgan fingerprint density at radius 1 is 0.550 bits per heavy atom. The van der Waals surface area contributed by atoms with Gasteiger partial charge in [-0.1, -0.05) is 119 Å². The van der Waals surface area contributed by atoms with E-state index in [1.807, 2.05) is 36.4 Å². The van der Waals surface area contributed by atoms with E-state index in [1.54, 1.807) is 54.9 Å². The summed E-state index contributed by atoms with van der Waals surface area (Å²) in [6, 6.07) is 38.3. The molecule has 0 unspecified atom stereocenters. The van der Waals surface area contributed by atoms with Crippen LogP contribution in [0.5, 0.6) is 34.5 Å². The summed E-state index contributed by atoms with van der Waals surface area (Å²) in [4.78, 5) is 75.3. The van der Waals surface area contributed by atoms with E-state index in [9.17, 15) is 51.8 Å². The number of nitro benzene ring substituents is 2. The molecule has 6 aromatic carbocycles. The lowest BCUT2D eigenvalue weighted by Crippen LogP contribution is -2.47. The Kier molecular flexibility index (Phi) is 27.4. The molecule has 0 bridgehead atoms. The fraction of sp³-hybridized carbons (Fsp3) is 0.434. The molecule has 18 rings (SSSR count). The van der Waals surface area contributed by atoms with Crippen LogP contribution in [0.4, 0.5) is 22.7 Å². The van der Waals surface area contributed by atoms with Gasteiger partial charge >= 0.3 is 0 Å². The molecule has 131 heavy (non-hydrogen) atoms. The maximum atomic E-state index is 14.1. The number of fused-ring (bicyclic) bond motifs is 4. The minimum Gasteiger partial charge on any atom is -0.493 e. The second kappa shape index (κ2) is 39.1. The first-order valence-corrected chi connectivity index (χ1v) is 49.3. The molecule has 4 aliphatic carbocycles. The Morgan fingerprint density at radius 3 is 1.52 bits per heavy atom. The average Bonchev–Trinajstić information content (AvgIpc) is 1.37. The number of hydrogen-bond acceptors (Lipinski definition) is 22. The summed E-state index contributed by atoms with van der Waals surface area (Å²) in [6.45, 7) is 20.3. The van der Waals surface area contributed by atoms with Crippen LogP contribution < -0.4 is 38.2 Å². The fourth-order valence-electron chi connectivity index (χ4n) is 19.9. The number of halogens is 2. The number of carbonyl (C=O) groups is 2. The predicted octanol–water partition coefficient (Wildman–Crippen LogP) is 19.3. The number of sulfonamides is 2. The Labute approximate surface area is 773 Å². The van der Waals surface area contributed by atoms with E-state index in [2.05, 4.69) is 108 Å². The highest BCUT2D eigenvalue weighted by Gasteiger charge is 2.39. The molecule has 28 nitrogen and oxygen atoms in total. The lowest BCUT2D eigenvalue weighted by Gasteiger charge is -2.39. The molecule has 5 N–H and O–H groups in total. The molecule has 0 spiro atoms. The topological polar surface area (TPSA) is 349 Å². The van der Waals surface area contributed by atoms with Crippen LogP contribution in [0.3, 0.4) is 0 Å². The second-order valence-electron chi connectivity index (χ2n) is 38.2. The number of ether oxygens (including phenoxy) is 5. The number of aliphatic hydroxyl groups is 1. The maximum Gasteiger partial charge on any atom is 0.277 e. The normalized spacial score (nSPS) is 21.3. The summed E-state index contributed by atoms with van der Waals surface area (Å²) < 4.78 is 90.9. The lowest BCUT2D eigenvalue weighted by molar-refractivity contribution is -0.386. The monoisotopic (exact) mass is 1860 g/mol. The van der Waals surface area contributed by atoms with E-state index >= 15 is 0 Å². The van der Waals surface area contributed by atoms with Gasteiger partial charge in [-0.25, -0.2) is 36.2 Å². The van der Waals surface area contributed by atoms with Gasteiger partial charge in [-0.05, 0) is 207 Å². The third-order valence-electron chi connectivity index (χ3n) is 27.4. The molecule has 2 atom stereocenters. The zero-order chi connectivity index (χ0) is 91.6. The number of nitrogens with one attached hydrogen (secondary N) is 4. The molecule has 4 aliphatic heterocycles. The number of amides is 2. The van der Waals surface area contributed by atoms with Gasteiger partial charge < -0.3 is 48.6 Å². The molecular weight excluding hydrogens is 1750 g/mol. The van der Waals surface area contributed by atoms with Crippen LogP contribution in [0.2, 0.25) is 10.0 Å². The van der Waals surface area contributed by atoms with Crippen molar-refractivity contribution in [3.63, 3.8) is 0 Å². The van der Waals surface area contributed by atoms with Crippen LogP contribution in [0.15, 0.2) is 179 Å². The van der Waals surface area contributed by atoms with Gasteiger partial charge in [-0.3, -0.25) is 39.6 Å². The number of aromatic nitrogens is 4. The molecule has 32 heteroatoms. The van der Waals surface area contributed by atoms with Gasteiger partial charge in [0.2, 0.25) is 0 Å².